The lowest BCUT2D eigenvalue weighted by Crippen LogP contribution is -2.29. The summed E-state index contributed by atoms with van der Waals surface area (Å²) in [6.07, 6.45) is 4.88. The molecule has 5 heteroatoms. The topological polar surface area (TPSA) is 67.2 Å². The first-order valence-corrected chi connectivity index (χ1v) is 7.10. The Kier molecular flexibility index (Phi) is 4.98. The monoisotopic (exact) mass is 287 g/mol. The Morgan fingerprint density at radius 3 is 2.71 bits per heavy atom. The number of phenols is 1. The molecule has 0 aliphatic heterocycles. The number of nitrogens with zero attached hydrogens (tertiary/aromatic N) is 2. The second-order valence-corrected chi connectivity index (χ2v) is 5.32. The van der Waals surface area contributed by atoms with E-state index in [9.17, 15) is 9.90 Å². The average molecular weight is 287 g/mol. The molecule has 0 aliphatic rings. The van der Waals surface area contributed by atoms with Gasteiger partial charge in [-0.3, -0.25) is 9.48 Å². The number of hydrogen-bond donors (Lipinski definition) is 2. The molecule has 1 aromatic carbocycles. The normalized spacial score (nSPS) is 12.1. The zero-order valence-electron chi connectivity index (χ0n) is 12.4. The molecule has 0 saturated carbocycles. The van der Waals surface area contributed by atoms with Gasteiger partial charge in [-0.2, -0.15) is 5.10 Å². The van der Waals surface area contributed by atoms with E-state index in [1.165, 1.54) is 0 Å². The second kappa shape index (κ2) is 6.92. The minimum Gasteiger partial charge on any atom is -0.508 e. The van der Waals surface area contributed by atoms with Crippen LogP contribution in [0.4, 0.5) is 0 Å². The van der Waals surface area contributed by atoms with Crippen LogP contribution in [-0.2, 0) is 11.2 Å². The van der Waals surface area contributed by atoms with Crippen molar-refractivity contribution in [2.45, 2.75) is 32.7 Å². The van der Waals surface area contributed by atoms with E-state index in [2.05, 4.69) is 10.4 Å². The third-order valence-electron chi connectivity index (χ3n) is 3.35. The zero-order chi connectivity index (χ0) is 15.2. The number of hydrogen-bond acceptors (Lipinski definition) is 3. The smallest absolute Gasteiger partial charge is 0.220 e. The molecule has 2 aromatic rings. The number of benzene rings is 1. The minimum atomic E-state index is 0.0267. The zero-order valence-corrected chi connectivity index (χ0v) is 12.4. The number of nitrogens with one attached hydrogen (secondary N) is 1. The maximum Gasteiger partial charge on any atom is 0.220 e. The molecule has 2 N–H and O–H groups in total. The highest BCUT2D eigenvalue weighted by atomic mass is 16.3. The lowest BCUT2D eigenvalue weighted by atomic mass is 10.1. The predicted molar refractivity (Wildman–Crippen MR) is 81.1 cm³/mol. The summed E-state index contributed by atoms with van der Waals surface area (Å²) in [5.41, 5.74) is 2.15. The Morgan fingerprint density at radius 1 is 1.38 bits per heavy atom. The highest BCUT2D eigenvalue weighted by molar-refractivity contribution is 5.76. The summed E-state index contributed by atoms with van der Waals surface area (Å²) < 4.78 is 1.86. The van der Waals surface area contributed by atoms with Crippen LogP contribution in [-0.4, -0.2) is 27.3 Å². The molecule has 0 bridgehead atoms. The number of aromatic hydroxyl groups is 1. The standard InChI is InChI=1S/C16H21N3O2/c1-12-9-18-19(11-12)13(2)10-17-16(21)8-5-14-3-6-15(20)7-4-14/h3-4,6-7,9,11,13,20H,5,8,10H2,1-2H3,(H,17,21). The number of carbonyl (C=O) groups is 1. The SMILES string of the molecule is Cc1cnn(C(C)CNC(=O)CCc2ccc(O)cc2)c1. The number of carbonyl (C=O) groups excluding carboxylic acids is 1. The van der Waals surface area contributed by atoms with Crippen molar-refractivity contribution in [3.8, 4) is 5.75 Å². The van der Waals surface area contributed by atoms with Crippen LogP contribution in [0.25, 0.3) is 0 Å². The molecule has 21 heavy (non-hydrogen) atoms. The van der Waals surface area contributed by atoms with Crippen molar-refractivity contribution in [2.24, 2.45) is 0 Å². The first-order valence-electron chi connectivity index (χ1n) is 7.10. The van der Waals surface area contributed by atoms with Gasteiger partial charge in [-0.15, -0.1) is 0 Å². The van der Waals surface area contributed by atoms with E-state index in [0.717, 1.165) is 11.1 Å². The van der Waals surface area contributed by atoms with Gasteiger partial charge in [0, 0.05) is 19.2 Å². The highest BCUT2D eigenvalue weighted by Crippen LogP contribution is 2.11. The highest BCUT2D eigenvalue weighted by Gasteiger charge is 2.08. The summed E-state index contributed by atoms with van der Waals surface area (Å²) in [5.74, 6) is 0.269. The van der Waals surface area contributed by atoms with Crippen molar-refractivity contribution < 1.29 is 9.90 Å². The Balaban J connectivity index is 1.73. The summed E-state index contributed by atoms with van der Waals surface area (Å²) in [4.78, 5) is 11.8. The Hall–Kier alpha value is -2.30. The van der Waals surface area contributed by atoms with Gasteiger partial charge >= 0.3 is 0 Å². The molecule has 1 atom stereocenters. The molecule has 1 amide bonds. The van der Waals surface area contributed by atoms with E-state index in [1.54, 1.807) is 12.1 Å². The van der Waals surface area contributed by atoms with Crippen LogP contribution in [0, 0.1) is 6.92 Å². The van der Waals surface area contributed by atoms with Crippen molar-refractivity contribution in [3.63, 3.8) is 0 Å². The van der Waals surface area contributed by atoms with Crippen molar-refractivity contribution in [2.75, 3.05) is 6.54 Å². The molecular formula is C16H21N3O2. The first kappa shape index (κ1) is 15.1. The molecule has 5 nitrogen and oxygen atoms in total. The predicted octanol–water partition coefficient (Wildman–Crippen LogP) is 2.21. The lowest BCUT2D eigenvalue weighted by Gasteiger charge is -2.13. The summed E-state index contributed by atoms with van der Waals surface area (Å²) >= 11 is 0. The number of rotatable bonds is 6. The summed E-state index contributed by atoms with van der Waals surface area (Å²) in [6, 6.07) is 7.07. The summed E-state index contributed by atoms with van der Waals surface area (Å²) in [7, 11) is 0. The summed E-state index contributed by atoms with van der Waals surface area (Å²) in [5, 5.41) is 16.4. The van der Waals surface area contributed by atoms with Gasteiger partial charge < -0.3 is 10.4 Å². The van der Waals surface area contributed by atoms with Gasteiger partial charge in [0.15, 0.2) is 0 Å². The maximum atomic E-state index is 11.8. The van der Waals surface area contributed by atoms with Gasteiger partial charge in [-0.25, -0.2) is 0 Å². The van der Waals surface area contributed by atoms with E-state index >= 15 is 0 Å². The van der Waals surface area contributed by atoms with E-state index in [-0.39, 0.29) is 17.7 Å². The van der Waals surface area contributed by atoms with Crippen LogP contribution in [0.3, 0.4) is 0 Å². The van der Waals surface area contributed by atoms with Gasteiger partial charge in [-0.05, 0) is 43.5 Å². The van der Waals surface area contributed by atoms with Gasteiger partial charge in [0.1, 0.15) is 5.75 Å². The third kappa shape index (κ3) is 4.63. The average Bonchev–Trinajstić information content (AvgIpc) is 2.91. The second-order valence-electron chi connectivity index (χ2n) is 5.32. The van der Waals surface area contributed by atoms with Gasteiger partial charge in [0.05, 0.1) is 12.2 Å². The maximum absolute atomic E-state index is 11.8. The Morgan fingerprint density at radius 2 is 2.10 bits per heavy atom. The molecule has 0 aliphatic carbocycles. The molecule has 0 radical (unpaired) electrons. The van der Waals surface area contributed by atoms with Crippen LogP contribution in [0.2, 0.25) is 0 Å². The van der Waals surface area contributed by atoms with Crippen molar-refractivity contribution in [1.82, 2.24) is 15.1 Å². The Bertz CT molecular complexity index is 590. The lowest BCUT2D eigenvalue weighted by molar-refractivity contribution is -0.121. The third-order valence-corrected chi connectivity index (χ3v) is 3.35. The molecule has 2 rings (SSSR count). The number of aromatic nitrogens is 2. The molecule has 0 spiro atoms. The van der Waals surface area contributed by atoms with Crippen molar-refractivity contribution in [1.29, 1.82) is 0 Å². The van der Waals surface area contributed by atoms with Gasteiger partial charge in [0.2, 0.25) is 5.91 Å². The van der Waals surface area contributed by atoms with Crippen LogP contribution in [0.15, 0.2) is 36.7 Å². The first-order chi connectivity index (χ1) is 10.0. The fraction of sp³-hybridized carbons (Fsp3) is 0.375. The Labute approximate surface area is 124 Å². The van der Waals surface area contributed by atoms with Gasteiger partial charge in [0.25, 0.3) is 0 Å². The fourth-order valence-corrected chi connectivity index (χ4v) is 2.04. The van der Waals surface area contributed by atoms with Gasteiger partial charge in [-0.1, -0.05) is 12.1 Å². The molecular weight excluding hydrogens is 266 g/mol. The van der Waals surface area contributed by atoms with Crippen LogP contribution < -0.4 is 5.32 Å². The van der Waals surface area contributed by atoms with Crippen LogP contribution in [0.5, 0.6) is 5.75 Å². The molecule has 112 valence electrons. The van der Waals surface area contributed by atoms with E-state index in [4.69, 9.17) is 0 Å². The van der Waals surface area contributed by atoms with Crippen LogP contribution >= 0.6 is 0 Å². The number of phenolic OH excluding ortho intramolecular Hbond substituents is 1. The van der Waals surface area contributed by atoms with Crippen LogP contribution in [0.1, 0.15) is 30.5 Å². The molecule has 1 aromatic heterocycles. The van der Waals surface area contributed by atoms with E-state index in [0.29, 0.717) is 19.4 Å². The van der Waals surface area contributed by atoms with E-state index < -0.39 is 0 Å². The molecule has 1 heterocycles. The largest absolute Gasteiger partial charge is 0.508 e. The fourth-order valence-electron chi connectivity index (χ4n) is 2.04. The van der Waals surface area contributed by atoms with Crippen molar-refractivity contribution >= 4 is 5.91 Å². The summed E-state index contributed by atoms with van der Waals surface area (Å²) in [6.45, 7) is 4.58. The number of amides is 1. The quantitative estimate of drug-likeness (QED) is 0.856. The van der Waals surface area contributed by atoms with Crippen molar-refractivity contribution in [3.05, 3.63) is 47.8 Å². The number of aryl methyl sites for hydroxylation is 2. The molecule has 0 saturated heterocycles. The molecule has 1 unspecified atom stereocenters. The minimum absolute atomic E-state index is 0.0267. The molecule has 0 fully saturated rings. The van der Waals surface area contributed by atoms with E-state index in [1.807, 2.05) is 43.1 Å².